The molecule has 1 aliphatic heterocycles. The lowest BCUT2D eigenvalue weighted by Crippen LogP contribution is -2.06. The van der Waals surface area contributed by atoms with Crippen LogP contribution < -0.4 is 0 Å². The first-order valence-corrected chi connectivity index (χ1v) is 3.71. The summed E-state index contributed by atoms with van der Waals surface area (Å²) in [4.78, 5) is 29.6. The lowest BCUT2D eigenvalue weighted by Gasteiger charge is -1.94. The summed E-state index contributed by atoms with van der Waals surface area (Å²) in [7, 11) is 0. The molecule has 0 aliphatic carbocycles. The number of hydrogen-bond donors (Lipinski definition) is 0. The van der Waals surface area contributed by atoms with Crippen LogP contribution in [0.3, 0.4) is 0 Å². The molecule has 1 aromatic rings. The maximum absolute atomic E-state index is 11.3. The Balaban J connectivity index is 2.29. The average Bonchev–Trinajstić information content (AvgIpc) is 3.00. The third kappa shape index (κ3) is 1.61. The predicted molar refractivity (Wildman–Crippen MR) is 42.2 cm³/mol. The van der Waals surface area contributed by atoms with Gasteiger partial charge in [0.05, 0.1) is 4.92 Å². The van der Waals surface area contributed by atoms with Gasteiger partial charge in [-0.25, -0.2) is 0 Å². The van der Waals surface area contributed by atoms with Crippen LogP contribution in [-0.2, 0) is 9.78 Å². The first kappa shape index (κ1) is 8.79. The minimum Gasteiger partial charge on any atom is -0.288 e. The van der Waals surface area contributed by atoms with Gasteiger partial charge in [-0.05, 0) is 12.1 Å². The highest BCUT2D eigenvalue weighted by atomic mass is 17.4. The van der Waals surface area contributed by atoms with E-state index in [4.69, 9.17) is 0 Å². The highest BCUT2D eigenvalue weighted by Gasteiger charge is 2.36. The second kappa shape index (κ2) is 3.17. The molecule has 6 nitrogen and oxygen atoms in total. The number of nitrogens with zero attached hydrogens (tertiary/aromatic N) is 1. The molecule has 1 aliphatic rings. The van der Waals surface area contributed by atoms with Crippen molar-refractivity contribution in [3.8, 4) is 0 Å². The number of rotatable bonds is 3. The SMILES string of the molecule is O=C(c1[c]ccc([N+](=O)[O-])c1)C1OO1. The van der Waals surface area contributed by atoms with Crippen molar-refractivity contribution in [1.82, 2.24) is 0 Å². The average molecular weight is 194 g/mol. The number of non-ortho nitro benzene ring substituents is 1. The smallest absolute Gasteiger partial charge is 0.286 e. The van der Waals surface area contributed by atoms with E-state index in [2.05, 4.69) is 15.8 Å². The van der Waals surface area contributed by atoms with Crippen LogP contribution in [0.5, 0.6) is 0 Å². The fourth-order valence-electron chi connectivity index (χ4n) is 0.952. The summed E-state index contributed by atoms with van der Waals surface area (Å²) in [6.07, 6.45) is -0.923. The molecule has 0 saturated carbocycles. The molecule has 1 fully saturated rings. The van der Waals surface area contributed by atoms with E-state index < -0.39 is 17.0 Å². The van der Waals surface area contributed by atoms with Gasteiger partial charge in [-0.2, -0.15) is 9.78 Å². The molecule has 0 atom stereocenters. The van der Waals surface area contributed by atoms with Crippen molar-refractivity contribution in [3.05, 3.63) is 39.9 Å². The van der Waals surface area contributed by atoms with Gasteiger partial charge < -0.3 is 0 Å². The highest BCUT2D eigenvalue weighted by molar-refractivity contribution is 5.99. The summed E-state index contributed by atoms with van der Waals surface area (Å²) in [6.45, 7) is 0. The third-order valence-electron chi connectivity index (χ3n) is 1.67. The van der Waals surface area contributed by atoms with Crippen molar-refractivity contribution in [3.63, 3.8) is 0 Å². The van der Waals surface area contributed by atoms with Gasteiger partial charge in [-0.15, -0.1) is 0 Å². The Morgan fingerprint density at radius 2 is 2.29 bits per heavy atom. The zero-order valence-electron chi connectivity index (χ0n) is 6.80. The van der Waals surface area contributed by atoms with Crippen LogP contribution in [0.15, 0.2) is 18.2 Å². The Kier molecular flexibility index (Phi) is 1.99. The number of carbonyl (C=O) groups excluding carboxylic acids is 1. The Labute approximate surface area is 78.1 Å². The lowest BCUT2D eigenvalue weighted by molar-refractivity contribution is -0.384. The number of carbonyl (C=O) groups is 1. The summed E-state index contributed by atoms with van der Waals surface area (Å²) < 4.78 is 0. The lowest BCUT2D eigenvalue weighted by atomic mass is 10.1. The second-order valence-corrected chi connectivity index (χ2v) is 2.61. The number of nitro benzene ring substituents is 1. The largest absolute Gasteiger partial charge is 0.288 e. The summed E-state index contributed by atoms with van der Waals surface area (Å²) in [5.41, 5.74) is -0.0746. The van der Waals surface area contributed by atoms with Crippen LogP contribution in [0.2, 0.25) is 0 Å². The number of Topliss-reactive ketones (excluding diaryl/α,β-unsaturated/α-hetero) is 1. The number of nitro groups is 1. The van der Waals surface area contributed by atoms with Gasteiger partial charge in [0.25, 0.3) is 12.0 Å². The van der Waals surface area contributed by atoms with Gasteiger partial charge in [0.1, 0.15) is 0 Å². The van der Waals surface area contributed by atoms with E-state index in [-0.39, 0.29) is 11.3 Å². The number of ketones is 1. The molecule has 1 aromatic carbocycles. The molecule has 0 unspecified atom stereocenters. The number of benzene rings is 1. The predicted octanol–water partition coefficient (Wildman–Crippen LogP) is 0.866. The summed E-state index contributed by atoms with van der Waals surface area (Å²) >= 11 is 0. The molecule has 14 heavy (non-hydrogen) atoms. The molecule has 2 rings (SSSR count). The zero-order chi connectivity index (χ0) is 10.1. The van der Waals surface area contributed by atoms with E-state index in [9.17, 15) is 14.9 Å². The Morgan fingerprint density at radius 1 is 1.57 bits per heavy atom. The fourth-order valence-corrected chi connectivity index (χ4v) is 0.952. The van der Waals surface area contributed by atoms with Crippen LogP contribution in [0.25, 0.3) is 0 Å². The fraction of sp³-hybridized carbons (Fsp3) is 0.125. The van der Waals surface area contributed by atoms with Crippen molar-refractivity contribution in [2.75, 3.05) is 0 Å². The topological polar surface area (TPSA) is 85.3 Å². The summed E-state index contributed by atoms with van der Waals surface area (Å²) in [6, 6.07) is 6.27. The monoisotopic (exact) mass is 194 g/mol. The molecular formula is C8H4NO5. The van der Waals surface area contributed by atoms with Crippen LogP contribution >= 0.6 is 0 Å². The van der Waals surface area contributed by atoms with Gasteiger partial charge in [0.2, 0.25) is 5.78 Å². The van der Waals surface area contributed by atoms with Crippen molar-refractivity contribution in [2.45, 2.75) is 6.29 Å². The number of hydrogen-bond acceptors (Lipinski definition) is 5. The van der Waals surface area contributed by atoms with Crippen LogP contribution in [0, 0.1) is 16.2 Å². The van der Waals surface area contributed by atoms with Gasteiger partial charge in [0.15, 0.2) is 0 Å². The maximum Gasteiger partial charge on any atom is 0.286 e. The molecule has 1 radical (unpaired) electrons. The van der Waals surface area contributed by atoms with Crippen molar-refractivity contribution in [1.29, 1.82) is 0 Å². The Morgan fingerprint density at radius 3 is 2.86 bits per heavy atom. The van der Waals surface area contributed by atoms with E-state index in [1.165, 1.54) is 12.1 Å². The van der Waals surface area contributed by atoms with Crippen LogP contribution in [-0.4, -0.2) is 17.0 Å². The summed E-state index contributed by atoms with van der Waals surface area (Å²) in [5, 5.41) is 10.4. The Hall–Kier alpha value is -1.79. The maximum atomic E-state index is 11.3. The van der Waals surface area contributed by atoms with Crippen molar-refractivity contribution in [2.24, 2.45) is 0 Å². The van der Waals surface area contributed by atoms with Gasteiger partial charge in [-0.3, -0.25) is 14.9 Å². The van der Waals surface area contributed by atoms with Crippen LogP contribution in [0.1, 0.15) is 10.4 Å². The van der Waals surface area contributed by atoms with E-state index in [1.54, 1.807) is 0 Å². The van der Waals surface area contributed by atoms with Crippen molar-refractivity contribution < 1.29 is 19.5 Å². The molecule has 0 amide bonds. The Bertz CT molecular complexity index is 398. The molecule has 6 heteroatoms. The second-order valence-electron chi connectivity index (χ2n) is 2.61. The molecule has 1 saturated heterocycles. The standard InChI is InChI=1S/C8H4NO5/c10-7(8-13-14-8)5-2-1-3-6(4-5)9(11)12/h1,3-4,8H. The van der Waals surface area contributed by atoms with E-state index in [0.29, 0.717) is 0 Å². The quantitative estimate of drug-likeness (QED) is 0.234. The van der Waals surface area contributed by atoms with E-state index in [1.807, 2.05) is 0 Å². The van der Waals surface area contributed by atoms with E-state index in [0.717, 1.165) is 6.07 Å². The normalized spacial score (nSPS) is 15.1. The third-order valence-corrected chi connectivity index (χ3v) is 1.67. The van der Waals surface area contributed by atoms with Crippen LogP contribution in [0.4, 0.5) is 5.69 Å². The highest BCUT2D eigenvalue weighted by Crippen LogP contribution is 2.20. The first-order chi connectivity index (χ1) is 6.68. The van der Waals surface area contributed by atoms with Gasteiger partial charge in [-0.1, -0.05) is 0 Å². The van der Waals surface area contributed by atoms with Gasteiger partial charge in [0, 0.05) is 17.7 Å². The molecule has 1 heterocycles. The van der Waals surface area contributed by atoms with Gasteiger partial charge >= 0.3 is 0 Å². The molecule has 71 valence electrons. The zero-order valence-corrected chi connectivity index (χ0v) is 6.80. The molecular weight excluding hydrogens is 190 g/mol. The minimum atomic E-state index is -0.923. The minimum absolute atomic E-state index is 0.0849. The molecule has 0 spiro atoms. The first-order valence-electron chi connectivity index (χ1n) is 3.71. The summed E-state index contributed by atoms with van der Waals surface area (Å²) in [5.74, 6) is -0.464. The molecule has 0 bridgehead atoms. The van der Waals surface area contributed by atoms with Crippen molar-refractivity contribution >= 4 is 11.5 Å². The van der Waals surface area contributed by atoms with E-state index >= 15 is 0 Å². The molecule has 0 N–H and O–H groups in total. The molecule has 0 aromatic heterocycles.